The van der Waals surface area contributed by atoms with Crippen LogP contribution in [0.15, 0.2) is 59.5 Å². The molecular weight excluding hydrogens is 430 g/mol. The SMILES string of the molecule is Cc1cc([C@@H](C)Nc2cccnc2C(=O)O)c2nc(N3Cc4ccccc4C3)n(C)c(=O)c2c1. The summed E-state index contributed by atoms with van der Waals surface area (Å²) >= 11 is 0. The summed E-state index contributed by atoms with van der Waals surface area (Å²) in [6.45, 7) is 5.24. The van der Waals surface area contributed by atoms with Crippen molar-refractivity contribution in [2.24, 2.45) is 7.05 Å². The van der Waals surface area contributed by atoms with E-state index in [1.165, 1.54) is 17.3 Å². The first-order chi connectivity index (χ1) is 16.3. The predicted octanol–water partition coefficient (Wildman–Crippen LogP) is 4.03. The van der Waals surface area contributed by atoms with Crippen LogP contribution in [-0.4, -0.2) is 25.6 Å². The van der Waals surface area contributed by atoms with Gasteiger partial charge in [0.25, 0.3) is 5.56 Å². The zero-order chi connectivity index (χ0) is 24.0. The molecule has 2 aromatic carbocycles. The minimum Gasteiger partial charge on any atom is -0.476 e. The maximum Gasteiger partial charge on any atom is 0.356 e. The number of anilines is 2. The van der Waals surface area contributed by atoms with Gasteiger partial charge in [-0.1, -0.05) is 30.3 Å². The van der Waals surface area contributed by atoms with Crippen LogP contribution in [0, 0.1) is 6.92 Å². The third-order valence-electron chi connectivity index (χ3n) is 6.30. The number of aromatic carboxylic acids is 1. The fourth-order valence-corrected chi connectivity index (χ4v) is 4.63. The van der Waals surface area contributed by atoms with Crippen molar-refractivity contribution in [3.8, 4) is 0 Å². The molecule has 1 atom stereocenters. The highest BCUT2D eigenvalue weighted by Crippen LogP contribution is 2.31. The normalized spacial score (nSPS) is 13.7. The number of rotatable bonds is 5. The number of fused-ring (bicyclic) bond motifs is 2. The van der Waals surface area contributed by atoms with Gasteiger partial charge in [0.05, 0.1) is 22.6 Å². The second kappa shape index (κ2) is 8.30. The summed E-state index contributed by atoms with van der Waals surface area (Å²) in [5.41, 5.74) is 5.08. The van der Waals surface area contributed by atoms with Crippen LogP contribution in [0.3, 0.4) is 0 Å². The molecule has 34 heavy (non-hydrogen) atoms. The van der Waals surface area contributed by atoms with E-state index >= 15 is 0 Å². The lowest BCUT2D eigenvalue weighted by atomic mass is 10.0. The molecule has 1 aliphatic rings. The van der Waals surface area contributed by atoms with Gasteiger partial charge >= 0.3 is 5.97 Å². The summed E-state index contributed by atoms with van der Waals surface area (Å²) < 4.78 is 1.61. The fourth-order valence-electron chi connectivity index (χ4n) is 4.63. The lowest BCUT2D eigenvalue weighted by Crippen LogP contribution is -2.28. The Morgan fingerprint density at radius 3 is 2.50 bits per heavy atom. The minimum absolute atomic E-state index is 0.0503. The lowest BCUT2D eigenvalue weighted by molar-refractivity contribution is 0.0691. The highest BCUT2D eigenvalue weighted by atomic mass is 16.4. The van der Waals surface area contributed by atoms with Gasteiger partial charge in [0, 0.05) is 31.9 Å². The Hall–Kier alpha value is -4.20. The Morgan fingerprint density at radius 2 is 1.82 bits per heavy atom. The fraction of sp³-hybridized carbons (Fsp3) is 0.231. The Labute approximate surface area is 196 Å². The van der Waals surface area contributed by atoms with Gasteiger partial charge in [-0.05, 0) is 48.7 Å². The maximum absolute atomic E-state index is 13.4. The number of benzene rings is 2. The summed E-state index contributed by atoms with van der Waals surface area (Å²) in [6, 6.07) is 15.2. The zero-order valence-corrected chi connectivity index (χ0v) is 19.2. The van der Waals surface area contributed by atoms with Crippen LogP contribution in [0.4, 0.5) is 11.6 Å². The highest BCUT2D eigenvalue weighted by molar-refractivity contribution is 5.92. The van der Waals surface area contributed by atoms with E-state index in [-0.39, 0.29) is 17.3 Å². The molecule has 0 spiro atoms. The van der Waals surface area contributed by atoms with Crippen LogP contribution in [0.1, 0.15) is 45.7 Å². The van der Waals surface area contributed by atoms with Crippen molar-refractivity contribution < 1.29 is 9.90 Å². The molecule has 0 bridgehead atoms. The number of carbonyl (C=O) groups is 1. The number of pyridine rings is 1. The monoisotopic (exact) mass is 455 g/mol. The van der Waals surface area contributed by atoms with Crippen molar-refractivity contribution in [1.82, 2.24) is 14.5 Å². The van der Waals surface area contributed by atoms with Crippen molar-refractivity contribution in [1.29, 1.82) is 0 Å². The first-order valence-corrected chi connectivity index (χ1v) is 11.1. The van der Waals surface area contributed by atoms with Crippen LogP contribution >= 0.6 is 0 Å². The number of carboxylic acid groups (broad SMARTS) is 1. The number of aryl methyl sites for hydroxylation is 1. The van der Waals surface area contributed by atoms with Crippen LogP contribution in [0.25, 0.3) is 10.9 Å². The van der Waals surface area contributed by atoms with Gasteiger partial charge in [0.1, 0.15) is 0 Å². The third kappa shape index (κ3) is 3.67. The number of hydrogen-bond acceptors (Lipinski definition) is 6. The molecule has 0 saturated carbocycles. The van der Waals surface area contributed by atoms with Crippen molar-refractivity contribution in [3.05, 3.63) is 93.0 Å². The van der Waals surface area contributed by atoms with E-state index in [0.717, 1.165) is 11.1 Å². The van der Waals surface area contributed by atoms with Gasteiger partial charge in [0.2, 0.25) is 5.95 Å². The van der Waals surface area contributed by atoms with Crippen LogP contribution in [0.5, 0.6) is 0 Å². The second-order valence-electron chi connectivity index (χ2n) is 8.72. The van der Waals surface area contributed by atoms with Crippen molar-refractivity contribution in [3.63, 3.8) is 0 Å². The Bertz CT molecular complexity index is 1470. The Kier molecular flexibility index (Phi) is 5.28. The number of aromatic nitrogens is 3. The molecule has 172 valence electrons. The van der Waals surface area contributed by atoms with E-state index in [2.05, 4.69) is 27.3 Å². The third-order valence-corrected chi connectivity index (χ3v) is 6.30. The molecule has 0 fully saturated rings. The zero-order valence-electron chi connectivity index (χ0n) is 19.2. The standard InChI is InChI=1S/C26H25N5O3/c1-15-11-19(16(2)28-21-9-6-10-27-23(21)25(33)34)22-20(12-15)24(32)30(3)26(29-22)31-13-17-7-4-5-8-18(17)14-31/h4-12,16,28H,13-14H2,1-3H3,(H,33,34)/t16-/m1/s1. The molecule has 0 unspecified atom stereocenters. The molecule has 0 saturated heterocycles. The van der Waals surface area contributed by atoms with Gasteiger partial charge in [0.15, 0.2) is 5.69 Å². The average molecular weight is 456 g/mol. The summed E-state index contributed by atoms with van der Waals surface area (Å²) in [6.07, 6.45) is 1.45. The van der Waals surface area contributed by atoms with Crippen LogP contribution < -0.4 is 15.8 Å². The lowest BCUT2D eigenvalue weighted by Gasteiger charge is -2.23. The molecule has 0 aliphatic carbocycles. The molecule has 2 N–H and O–H groups in total. The van der Waals surface area contributed by atoms with Gasteiger partial charge < -0.3 is 15.3 Å². The van der Waals surface area contributed by atoms with Crippen molar-refractivity contribution in [2.75, 3.05) is 10.2 Å². The van der Waals surface area contributed by atoms with E-state index in [4.69, 9.17) is 4.98 Å². The summed E-state index contributed by atoms with van der Waals surface area (Å²) in [5, 5.41) is 13.3. The summed E-state index contributed by atoms with van der Waals surface area (Å²) in [5.74, 6) is -0.495. The minimum atomic E-state index is -1.10. The first kappa shape index (κ1) is 21.6. The summed E-state index contributed by atoms with van der Waals surface area (Å²) in [4.78, 5) is 36.1. The van der Waals surface area contributed by atoms with E-state index in [1.807, 2.05) is 38.1 Å². The molecule has 8 heteroatoms. The number of carboxylic acids is 1. The molecule has 1 aliphatic heterocycles. The van der Waals surface area contributed by atoms with Crippen molar-refractivity contribution in [2.45, 2.75) is 33.0 Å². The van der Waals surface area contributed by atoms with Crippen molar-refractivity contribution >= 4 is 28.5 Å². The largest absolute Gasteiger partial charge is 0.476 e. The summed E-state index contributed by atoms with van der Waals surface area (Å²) in [7, 11) is 1.76. The quantitative estimate of drug-likeness (QED) is 0.469. The molecule has 2 aromatic heterocycles. The molecular formula is C26H25N5O3. The highest BCUT2D eigenvalue weighted by Gasteiger charge is 2.24. The molecule has 8 nitrogen and oxygen atoms in total. The molecule has 0 radical (unpaired) electrons. The van der Waals surface area contributed by atoms with Gasteiger partial charge in [-0.3, -0.25) is 9.36 Å². The topological polar surface area (TPSA) is 100 Å². The number of hydrogen-bond donors (Lipinski definition) is 2. The molecule has 0 amide bonds. The smallest absolute Gasteiger partial charge is 0.356 e. The van der Waals surface area contributed by atoms with Gasteiger partial charge in [-0.15, -0.1) is 0 Å². The number of nitrogens with zero attached hydrogens (tertiary/aromatic N) is 4. The van der Waals surface area contributed by atoms with Crippen LogP contribution in [-0.2, 0) is 20.1 Å². The molecule has 4 aromatic rings. The van der Waals surface area contributed by atoms with Crippen LogP contribution in [0.2, 0.25) is 0 Å². The predicted molar refractivity (Wildman–Crippen MR) is 131 cm³/mol. The first-order valence-electron chi connectivity index (χ1n) is 11.1. The maximum atomic E-state index is 13.4. The van der Waals surface area contributed by atoms with E-state index < -0.39 is 5.97 Å². The second-order valence-corrected chi connectivity index (χ2v) is 8.72. The average Bonchev–Trinajstić information content (AvgIpc) is 3.25. The molecule has 5 rings (SSSR count). The molecule has 3 heterocycles. The van der Waals surface area contributed by atoms with Gasteiger partial charge in [-0.2, -0.15) is 0 Å². The van der Waals surface area contributed by atoms with Gasteiger partial charge in [-0.25, -0.2) is 14.8 Å². The van der Waals surface area contributed by atoms with E-state index in [9.17, 15) is 14.7 Å². The Morgan fingerprint density at radius 1 is 1.12 bits per heavy atom. The number of nitrogens with one attached hydrogen (secondary N) is 1. The van der Waals surface area contributed by atoms with E-state index in [1.54, 1.807) is 23.7 Å². The van der Waals surface area contributed by atoms with E-state index in [0.29, 0.717) is 35.6 Å². The Balaban J connectivity index is 1.60.